The summed E-state index contributed by atoms with van der Waals surface area (Å²) in [6.45, 7) is 8.84. The van der Waals surface area contributed by atoms with Crippen LogP contribution in [0.5, 0.6) is 0 Å². The summed E-state index contributed by atoms with van der Waals surface area (Å²) in [6, 6.07) is 9.25. The topological polar surface area (TPSA) is 21.1 Å². The van der Waals surface area contributed by atoms with Gasteiger partial charge in [-0.1, -0.05) is 13.0 Å². The van der Waals surface area contributed by atoms with Gasteiger partial charge in [0.25, 0.3) is 0 Å². The molecule has 3 rings (SSSR count). The molecule has 1 saturated heterocycles. The van der Waals surface area contributed by atoms with Crippen molar-refractivity contribution in [2.45, 2.75) is 39.7 Å². The van der Waals surface area contributed by atoms with E-state index in [0.717, 1.165) is 12.4 Å². The van der Waals surface area contributed by atoms with Gasteiger partial charge in [-0.15, -0.1) is 0 Å². The predicted molar refractivity (Wildman–Crippen MR) is 82.3 cm³/mol. The van der Waals surface area contributed by atoms with Gasteiger partial charge in [-0.3, -0.25) is 4.90 Å². The molecular weight excluding hydrogens is 246 g/mol. The molecule has 1 unspecified atom stereocenters. The number of aryl methyl sites for hydroxylation is 2. The van der Waals surface area contributed by atoms with Crippen molar-refractivity contribution in [3.05, 3.63) is 47.4 Å². The summed E-state index contributed by atoms with van der Waals surface area (Å²) in [7, 11) is 0. The van der Waals surface area contributed by atoms with Gasteiger partial charge in [0, 0.05) is 23.6 Å². The fraction of sp³-hybridized carbons (Fsp3) is 0.471. The molecule has 0 saturated carbocycles. The fourth-order valence-corrected chi connectivity index (χ4v) is 3.34. The van der Waals surface area contributed by atoms with Gasteiger partial charge in [0.15, 0.2) is 0 Å². The molecule has 0 aliphatic carbocycles. The average Bonchev–Trinajstić information content (AvgIpc) is 3.06. The number of hydrogen-bond donors (Lipinski definition) is 0. The molecule has 0 amide bonds. The largest absolute Gasteiger partial charge is 0.303 e. The highest BCUT2D eigenvalue weighted by atomic mass is 15.2. The van der Waals surface area contributed by atoms with Gasteiger partial charge in [-0.2, -0.15) is 0 Å². The Morgan fingerprint density at radius 1 is 1.15 bits per heavy atom. The van der Waals surface area contributed by atoms with Crippen molar-refractivity contribution in [2.75, 3.05) is 13.1 Å². The first-order valence-electron chi connectivity index (χ1n) is 7.56. The standard InChI is InChI=1S/C17H23N3/c1-4-19-11-5-6-16(19)15-9-10-17(18-12-15)20-13(2)7-8-14(20)3/h7-10,12,16H,4-6,11H2,1-3H3. The predicted octanol–water partition coefficient (Wildman–Crippen LogP) is 3.65. The molecule has 106 valence electrons. The van der Waals surface area contributed by atoms with Crippen molar-refractivity contribution < 1.29 is 0 Å². The van der Waals surface area contributed by atoms with E-state index in [1.165, 1.54) is 36.3 Å². The van der Waals surface area contributed by atoms with E-state index in [9.17, 15) is 0 Å². The maximum Gasteiger partial charge on any atom is 0.136 e. The SMILES string of the molecule is CCN1CCCC1c1ccc(-n2c(C)ccc2C)nc1. The Morgan fingerprint density at radius 3 is 2.50 bits per heavy atom. The quantitative estimate of drug-likeness (QED) is 0.848. The lowest BCUT2D eigenvalue weighted by Gasteiger charge is -2.23. The third-order valence-corrected chi connectivity index (χ3v) is 4.43. The molecule has 0 spiro atoms. The first-order chi connectivity index (χ1) is 9.70. The van der Waals surface area contributed by atoms with Crippen molar-refractivity contribution in [3.63, 3.8) is 0 Å². The summed E-state index contributed by atoms with van der Waals surface area (Å²) in [6.07, 6.45) is 4.62. The molecule has 1 aliphatic heterocycles. The van der Waals surface area contributed by atoms with E-state index in [-0.39, 0.29) is 0 Å². The Labute approximate surface area is 121 Å². The van der Waals surface area contributed by atoms with Gasteiger partial charge in [-0.25, -0.2) is 4.98 Å². The Bertz CT molecular complexity index is 563. The Kier molecular flexibility index (Phi) is 3.62. The summed E-state index contributed by atoms with van der Waals surface area (Å²) < 4.78 is 2.20. The average molecular weight is 269 g/mol. The zero-order valence-corrected chi connectivity index (χ0v) is 12.6. The van der Waals surface area contributed by atoms with Gasteiger partial charge >= 0.3 is 0 Å². The summed E-state index contributed by atoms with van der Waals surface area (Å²) in [4.78, 5) is 7.24. The first kappa shape index (κ1) is 13.4. The highest BCUT2D eigenvalue weighted by Gasteiger charge is 2.24. The Balaban J connectivity index is 1.88. The second-order valence-electron chi connectivity index (χ2n) is 5.69. The molecular formula is C17H23N3. The first-order valence-corrected chi connectivity index (χ1v) is 7.56. The van der Waals surface area contributed by atoms with Gasteiger partial charge in [0.05, 0.1) is 0 Å². The molecule has 3 heterocycles. The highest BCUT2D eigenvalue weighted by Crippen LogP contribution is 2.31. The van der Waals surface area contributed by atoms with Crippen molar-refractivity contribution >= 4 is 0 Å². The van der Waals surface area contributed by atoms with Crippen molar-refractivity contribution in [1.29, 1.82) is 0 Å². The van der Waals surface area contributed by atoms with E-state index in [1.807, 2.05) is 0 Å². The van der Waals surface area contributed by atoms with Crippen LogP contribution in [0.2, 0.25) is 0 Å². The van der Waals surface area contributed by atoms with Crippen LogP contribution in [-0.4, -0.2) is 27.5 Å². The van der Waals surface area contributed by atoms with Gasteiger partial charge in [-0.05, 0) is 63.5 Å². The van der Waals surface area contributed by atoms with Crippen molar-refractivity contribution in [3.8, 4) is 5.82 Å². The third kappa shape index (κ3) is 2.27. The van der Waals surface area contributed by atoms with Gasteiger partial charge in [0.2, 0.25) is 0 Å². The molecule has 2 aromatic heterocycles. The molecule has 3 nitrogen and oxygen atoms in total. The molecule has 3 heteroatoms. The summed E-state index contributed by atoms with van der Waals surface area (Å²) >= 11 is 0. The lowest BCUT2D eigenvalue weighted by Crippen LogP contribution is -2.22. The Hall–Kier alpha value is -1.61. The molecule has 0 N–H and O–H groups in total. The number of nitrogens with zero attached hydrogens (tertiary/aromatic N) is 3. The monoisotopic (exact) mass is 269 g/mol. The van der Waals surface area contributed by atoms with Crippen molar-refractivity contribution in [2.24, 2.45) is 0 Å². The number of pyridine rings is 1. The summed E-state index contributed by atoms with van der Waals surface area (Å²) in [5.74, 6) is 1.02. The lowest BCUT2D eigenvalue weighted by molar-refractivity contribution is 0.271. The second-order valence-corrected chi connectivity index (χ2v) is 5.69. The second kappa shape index (κ2) is 5.41. The lowest BCUT2D eigenvalue weighted by atomic mass is 10.1. The van der Waals surface area contributed by atoms with E-state index in [0.29, 0.717) is 6.04 Å². The summed E-state index contributed by atoms with van der Waals surface area (Å²) in [5.41, 5.74) is 3.83. The van der Waals surface area contributed by atoms with Crippen LogP contribution in [0.4, 0.5) is 0 Å². The van der Waals surface area contributed by atoms with Crippen LogP contribution in [0.25, 0.3) is 5.82 Å². The number of rotatable bonds is 3. The van der Waals surface area contributed by atoms with Crippen molar-refractivity contribution in [1.82, 2.24) is 14.5 Å². The molecule has 0 bridgehead atoms. The third-order valence-electron chi connectivity index (χ3n) is 4.43. The zero-order valence-electron chi connectivity index (χ0n) is 12.6. The molecule has 0 radical (unpaired) electrons. The minimum Gasteiger partial charge on any atom is -0.303 e. The maximum absolute atomic E-state index is 4.69. The van der Waals surface area contributed by atoms with E-state index >= 15 is 0 Å². The molecule has 2 aromatic rings. The van der Waals surface area contributed by atoms with Gasteiger partial charge < -0.3 is 4.57 Å². The van der Waals surface area contributed by atoms with Crippen LogP contribution in [0.1, 0.15) is 42.8 Å². The van der Waals surface area contributed by atoms with E-state index in [1.54, 1.807) is 0 Å². The smallest absolute Gasteiger partial charge is 0.136 e. The van der Waals surface area contributed by atoms with Crippen LogP contribution < -0.4 is 0 Å². The molecule has 0 aromatic carbocycles. The minimum absolute atomic E-state index is 0.563. The van der Waals surface area contributed by atoms with Crippen LogP contribution >= 0.6 is 0 Å². The maximum atomic E-state index is 4.69. The van der Waals surface area contributed by atoms with E-state index < -0.39 is 0 Å². The number of likely N-dealkylation sites (tertiary alicyclic amines) is 1. The molecule has 1 atom stereocenters. The van der Waals surface area contributed by atoms with Crippen LogP contribution in [0.15, 0.2) is 30.5 Å². The molecule has 1 fully saturated rings. The highest BCUT2D eigenvalue weighted by molar-refractivity contribution is 5.33. The van der Waals surface area contributed by atoms with E-state index in [2.05, 4.69) is 60.7 Å². The number of hydrogen-bond acceptors (Lipinski definition) is 2. The van der Waals surface area contributed by atoms with Crippen LogP contribution in [0, 0.1) is 13.8 Å². The number of aromatic nitrogens is 2. The van der Waals surface area contributed by atoms with Gasteiger partial charge in [0.1, 0.15) is 5.82 Å². The summed E-state index contributed by atoms with van der Waals surface area (Å²) in [5, 5.41) is 0. The van der Waals surface area contributed by atoms with E-state index in [4.69, 9.17) is 4.98 Å². The molecule has 20 heavy (non-hydrogen) atoms. The minimum atomic E-state index is 0.563. The fourth-order valence-electron chi connectivity index (χ4n) is 3.34. The zero-order chi connectivity index (χ0) is 14.1. The molecule has 1 aliphatic rings. The Morgan fingerprint density at radius 2 is 1.90 bits per heavy atom. The normalized spacial score (nSPS) is 19.6. The van der Waals surface area contributed by atoms with Crippen LogP contribution in [0.3, 0.4) is 0 Å². The van der Waals surface area contributed by atoms with Crippen LogP contribution in [-0.2, 0) is 0 Å².